The molecule has 0 heterocycles. The van der Waals surface area contributed by atoms with E-state index in [4.69, 9.17) is 10.5 Å². The summed E-state index contributed by atoms with van der Waals surface area (Å²) in [5, 5.41) is 0. The predicted molar refractivity (Wildman–Crippen MR) is 59.4 cm³/mol. The molecule has 2 N–H and O–H groups in total. The predicted octanol–water partition coefficient (Wildman–Crippen LogP) is 0.609. The molecule has 0 spiro atoms. The Kier molecular flexibility index (Phi) is 5.05. The zero-order chi connectivity index (χ0) is 11.3. The first kappa shape index (κ1) is 12.5. The first-order chi connectivity index (χ1) is 7.15. The summed E-state index contributed by atoms with van der Waals surface area (Å²) in [5.41, 5.74) is 5.90. The molecule has 0 aromatic carbocycles. The Bertz CT molecular complexity index is 205. The van der Waals surface area contributed by atoms with Crippen LogP contribution < -0.4 is 5.73 Å². The molecule has 0 radical (unpaired) electrons. The molecular formula is C11H22N2O2. The number of carbonyl (C=O) groups is 1. The number of hydrogen-bond acceptors (Lipinski definition) is 3. The van der Waals surface area contributed by atoms with Gasteiger partial charge >= 0.3 is 0 Å². The number of methoxy groups -OCH3 is 1. The zero-order valence-corrected chi connectivity index (χ0v) is 9.74. The third-order valence-corrected chi connectivity index (χ3v) is 2.91. The highest BCUT2D eigenvalue weighted by molar-refractivity contribution is 5.76. The molecule has 88 valence electrons. The summed E-state index contributed by atoms with van der Waals surface area (Å²) in [6.45, 7) is 1.45. The monoisotopic (exact) mass is 214 g/mol. The lowest BCUT2D eigenvalue weighted by Gasteiger charge is -2.19. The van der Waals surface area contributed by atoms with Gasteiger partial charge in [-0.25, -0.2) is 0 Å². The summed E-state index contributed by atoms with van der Waals surface area (Å²) in [5.74, 6) is 0.756. The van der Waals surface area contributed by atoms with Gasteiger partial charge in [-0.1, -0.05) is 0 Å². The van der Waals surface area contributed by atoms with Crippen molar-refractivity contribution in [2.75, 3.05) is 27.3 Å². The van der Waals surface area contributed by atoms with E-state index in [0.717, 1.165) is 13.0 Å². The van der Waals surface area contributed by atoms with Crippen molar-refractivity contribution >= 4 is 5.91 Å². The molecule has 1 rings (SSSR count). The average Bonchev–Trinajstić information content (AvgIpc) is 3.00. The maximum atomic E-state index is 11.7. The molecule has 1 fully saturated rings. The summed E-state index contributed by atoms with van der Waals surface area (Å²) >= 11 is 0. The van der Waals surface area contributed by atoms with Crippen LogP contribution in [-0.4, -0.2) is 44.2 Å². The van der Waals surface area contributed by atoms with Crippen molar-refractivity contribution in [3.05, 3.63) is 0 Å². The molecule has 1 atom stereocenters. The van der Waals surface area contributed by atoms with Gasteiger partial charge in [0.15, 0.2) is 0 Å². The Balaban J connectivity index is 2.13. The molecule has 0 saturated heterocycles. The quantitative estimate of drug-likeness (QED) is 0.632. The zero-order valence-electron chi connectivity index (χ0n) is 9.74. The summed E-state index contributed by atoms with van der Waals surface area (Å²) in [6.07, 6.45) is 3.77. The molecule has 0 bridgehead atoms. The lowest BCUT2D eigenvalue weighted by molar-refractivity contribution is -0.130. The average molecular weight is 214 g/mol. The summed E-state index contributed by atoms with van der Waals surface area (Å²) in [7, 11) is 3.50. The normalized spacial score (nSPS) is 17.5. The van der Waals surface area contributed by atoms with Gasteiger partial charge in [-0.15, -0.1) is 0 Å². The Labute approximate surface area is 91.8 Å². The van der Waals surface area contributed by atoms with Crippen LogP contribution in [0.3, 0.4) is 0 Å². The van der Waals surface area contributed by atoms with Crippen molar-refractivity contribution in [3.63, 3.8) is 0 Å². The Hall–Kier alpha value is -0.610. The molecule has 0 aromatic rings. The molecule has 1 unspecified atom stereocenters. The van der Waals surface area contributed by atoms with Crippen LogP contribution in [0.4, 0.5) is 0 Å². The second-order valence-corrected chi connectivity index (χ2v) is 4.37. The van der Waals surface area contributed by atoms with E-state index < -0.39 is 0 Å². The summed E-state index contributed by atoms with van der Waals surface area (Å²) in [4.78, 5) is 13.4. The molecule has 4 heteroatoms. The van der Waals surface area contributed by atoms with Crippen molar-refractivity contribution in [1.82, 2.24) is 4.90 Å². The molecule has 1 saturated carbocycles. The van der Waals surface area contributed by atoms with E-state index in [2.05, 4.69) is 0 Å². The second-order valence-electron chi connectivity index (χ2n) is 4.37. The van der Waals surface area contributed by atoms with Crippen molar-refractivity contribution in [1.29, 1.82) is 0 Å². The van der Waals surface area contributed by atoms with Gasteiger partial charge in [-0.2, -0.15) is 0 Å². The molecule has 1 amide bonds. The van der Waals surface area contributed by atoms with E-state index in [1.54, 1.807) is 12.0 Å². The van der Waals surface area contributed by atoms with Gasteiger partial charge in [0.25, 0.3) is 0 Å². The molecule has 4 nitrogen and oxygen atoms in total. The molecule has 1 aliphatic carbocycles. The van der Waals surface area contributed by atoms with Gasteiger partial charge in [0, 0.05) is 39.8 Å². The Morgan fingerprint density at radius 1 is 1.60 bits per heavy atom. The Morgan fingerprint density at radius 3 is 2.80 bits per heavy atom. The van der Waals surface area contributed by atoms with Crippen LogP contribution >= 0.6 is 0 Å². The Morgan fingerprint density at radius 2 is 2.27 bits per heavy atom. The first-order valence-electron chi connectivity index (χ1n) is 5.63. The maximum absolute atomic E-state index is 11.7. The molecule has 1 aliphatic rings. The van der Waals surface area contributed by atoms with Gasteiger partial charge in [-0.3, -0.25) is 4.79 Å². The van der Waals surface area contributed by atoms with E-state index >= 15 is 0 Å². The third kappa shape index (κ3) is 4.62. The third-order valence-electron chi connectivity index (χ3n) is 2.91. The van der Waals surface area contributed by atoms with Gasteiger partial charge in [0.05, 0.1) is 0 Å². The SMILES string of the molecule is COCCCN(C)C(=O)CC(N)C1CC1. The number of carbonyl (C=O) groups excluding carboxylic acids is 1. The van der Waals surface area contributed by atoms with Crippen LogP contribution in [0.15, 0.2) is 0 Å². The topological polar surface area (TPSA) is 55.6 Å². The fraction of sp³-hybridized carbons (Fsp3) is 0.909. The van der Waals surface area contributed by atoms with Crippen molar-refractivity contribution in [2.24, 2.45) is 11.7 Å². The minimum Gasteiger partial charge on any atom is -0.385 e. The number of rotatable bonds is 7. The van der Waals surface area contributed by atoms with E-state index in [0.29, 0.717) is 18.9 Å². The van der Waals surface area contributed by atoms with Crippen LogP contribution in [0, 0.1) is 5.92 Å². The van der Waals surface area contributed by atoms with Gasteiger partial charge in [0.1, 0.15) is 0 Å². The molecule has 15 heavy (non-hydrogen) atoms. The highest BCUT2D eigenvalue weighted by Crippen LogP contribution is 2.32. The summed E-state index contributed by atoms with van der Waals surface area (Å²) in [6, 6.07) is 0.0716. The van der Waals surface area contributed by atoms with E-state index in [9.17, 15) is 4.79 Å². The van der Waals surface area contributed by atoms with Crippen molar-refractivity contribution in [2.45, 2.75) is 31.7 Å². The largest absolute Gasteiger partial charge is 0.385 e. The lowest BCUT2D eigenvalue weighted by atomic mass is 10.1. The van der Waals surface area contributed by atoms with Crippen LogP contribution in [0.1, 0.15) is 25.7 Å². The van der Waals surface area contributed by atoms with E-state index in [1.165, 1.54) is 12.8 Å². The fourth-order valence-electron chi connectivity index (χ4n) is 1.62. The number of amides is 1. The molecule has 0 aromatic heterocycles. The fourth-order valence-corrected chi connectivity index (χ4v) is 1.62. The highest BCUT2D eigenvalue weighted by Gasteiger charge is 2.30. The maximum Gasteiger partial charge on any atom is 0.223 e. The minimum atomic E-state index is 0.0716. The van der Waals surface area contributed by atoms with Crippen molar-refractivity contribution in [3.8, 4) is 0 Å². The number of nitrogens with zero attached hydrogens (tertiary/aromatic N) is 1. The van der Waals surface area contributed by atoms with Crippen molar-refractivity contribution < 1.29 is 9.53 Å². The van der Waals surface area contributed by atoms with Gasteiger partial charge < -0.3 is 15.4 Å². The highest BCUT2D eigenvalue weighted by atomic mass is 16.5. The van der Waals surface area contributed by atoms with Crippen LogP contribution in [0.2, 0.25) is 0 Å². The van der Waals surface area contributed by atoms with E-state index in [-0.39, 0.29) is 11.9 Å². The van der Waals surface area contributed by atoms with Crippen LogP contribution in [0.5, 0.6) is 0 Å². The lowest BCUT2D eigenvalue weighted by Crippen LogP contribution is -2.35. The standard InChI is InChI=1S/C11H22N2O2/c1-13(6-3-7-15-2)11(14)8-10(12)9-4-5-9/h9-10H,3-8,12H2,1-2H3. The minimum absolute atomic E-state index is 0.0716. The summed E-state index contributed by atoms with van der Waals surface area (Å²) < 4.78 is 4.94. The van der Waals surface area contributed by atoms with E-state index in [1.807, 2.05) is 7.05 Å². The van der Waals surface area contributed by atoms with Gasteiger partial charge in [-0.05, 0) is 25.2 Å². The second kappa shape index (κ2) is 6.08. The molecule has 0 aliphatic heterocycles. The smallest absolute Gasteiger partial charge is 0.223 e. The van der Waals surface area contributed by atoms with Crippen LogP contribution in [0.25, 0.3) is 0 Å². The number of nitrogens with two attached hydrogens (primary N) is 1. The van der Waals surface area contributed by atoms with Crippen LogP contribution in [-0.2, 0) is 9.53 Å². The molecular weight excluding hydrogens is 192 g/mol. The van der Waals surface area contributed by atoms with Gasteiger partial charge in [0.2, 0.25) is 5.91 Å². The number of hydrogen-bond donors (Lipinski definition) is 1. The first-order valence-corrected chi connectivity index (χ1v) is 5.63. The number of ether oxygens (including phenoxy) is 1.